The van der Waals surface area contributed by atoms with Crippen LogP contribution in [0, 0.1) is 46.8 Å². The van der Waals surface area contributed by atoms with Crippen molar-refractivity contribution in [1.29, 1.82) is 0 Å². The molecule has 4 nitrogen and oxygen atoms in total. The number of hydrogen-bond acceptors (Lipinski definition) is 4. The second-order valence-electron chi connectivity index (χ2n) is 11.2. The molecular formula is C38H29IrN3OS-2. The van der Waals surface area contributed by atoms with E-state index in [1.165, 1.54) is 16.7 Å². The fourth-order valence-electron chi connectivity index (χ4n) is 5.85. The topological polar surface area (TPSA) is 55.7 Å². The minimum atomic E-state index is -1.26. The van der Waals surface area contributed by atoms with Gasteiger partial charge in [0.1, 0.15) is 0 Å². The Morgan fingerprint density at radius 1 is 0.727 bits per heavy atom. The van der Waals surface area contributed by atoms with Crippen LogP contribution < -0.4 is 0 Å². The summed E-state index contributed by atoms with van der Waals surface area (Å²) in [6, 6.07) is 30.9. The predicted molar refractivity (Wildman–Crippen MR) is 176 cm³/mol. The van der Waals surface area contributed by atoms with Crippen molar-refractivity contribution in [2.75, 3.05) is 0 Å². The molecule has 0 aliphatic carbocycles. The standard InChI is InChI=1S/C24H15N2OS.C14H14N.Ir/c1-13-11-19-15(14(2)26-13)7-8-16-17-9-10-25-24-18-5-3-4-6-21(18)28(27)22(23(17)24)12-20(16)19;1-10-4-6-13(7-5-10)14-8-11(2)12(3)9-15-14;/h3-4,6-12H,1-2H3;4-6,8-9H,1-3H3;/q2*-1;. The molecule has 1 unspecified atom stereocenters. The Morgan fingerprint density at radius 3 is 2.30 bits per heavy atom. The Balaban J connectivity index is 0.000000183. The zero-order valence-electron chi connectivity index (χ0n) is 25.1. The number of fused-ring (bicyclic) bond motifs is 6. The second-order valence-corrected chi connectivity index (χ2v) is 12.6. The van der Waals surface area contributed by atoms with Gasteiger partial charge in [-0.1, -0.05) is 30.7 Å². The molecule has 1 atom stereocenters. The van der Waals surface area contributed by atoms with E-state index in [4.69, 9.17) is 0 Å². The third-order valence-corrected chi connectivity index (χ3v) is 9.67. The summed E-state index contributed by atoms with van der Waals surface area (Å²) in [6.45, 7) is 10.3. The molecule has 44 heavy (non-hydrogen) atoms. The van der Waals surface area contributed by atoms with Crippen molar-refractivity contribution in [3.63, 3.8) is 0 Å². The van der Waals surface area contributed by atoms with Crippen LogP contribution >= 0.6 is 0 Å². The summed E-state index contributed by atoms with van der Waals surface area (Å²) in [4.78, 5) is 15.3. The number of aromatic nitrogens is 3. The first-order chi connectivity index (χ1) is 20.8. The fraction of sp³-hybridized carbons (Fsp3) is 0.132. The molecule has 0 spiro atoms. The number of aryl methyl sites for hydroxylation is 5. The van der Waals surface area contributed by atoms with Gasteiger partial charge >= 0.3 is 0 Å². The van der Waals surface area contributed by atoms with E-state index in [0.717, 1.165) is 76.0 Å². The van der Waals surface area contributed by atoms with E-state index in [9.17, 15) is 4.21 Å². The smallest absolute Gasteiger partial charge is 0.0454 e. The first-order valence-electron chi connectivity index (χ1n) is 14.3. The largest absolute Gasteiger partial charge is 0.304 e. The monoisotopic (exact) mass is 768 g/mol. The van der Waals surface area contributed by atoms with E-state index in [0.29, 0.717) is 0 Å². The van der Waals surface area contributed by atoms with Gasteiger partial charge < -0.3 is 9.97 Å². The molecule has 0 N–H and O–H groups in total. The fourth-order valence-corrected chi connectivity index (χ4v) is 7.25. The van der Waals surface area contributed by atoms with Crippen molar-refractivity contribution < 1.29 is 24.3 Å². The zero-order chi connectivity index (χ0) is 29.8. The number of hydrogen-bond donors (Lipinski definition) is 0. The minimum absolute atomic E-state index is 0. The van der Waals surface area contributed by atoms with Crippen molar-refractivity contribution in [3.8, 4) is 22.5 Å². The normalized spacial score (nSPS) is 13.2. The summed E-state index contributed by atoms with van der Waals surface area (Å²) in [6.07, 6.45) is 3.76. The van der Waals surface area contributed by atoms with Gasteiger partial charge in [0.2, 0.25) is 0 Å². The Labute approximate surface area is 273 Å². The van der Waals surface area contributed by atoms with E-state index < -0.39 is 10.8 Å². The van der Waals surface area contributed by atoms with Crippen LogP contribution in [0.2, 0.25) is 0 Å². The molecule has 1 aliphatic rings. The predicted octanol–water partition coefficient (Wildman–Crippen LogP) is 8.97. The molecule has 0 saturated carbocycles. The van der Waals surface area contributed by atoms with Gasteiger partial charge in [0.15, 0.2) is 0 Å². The average molecular weight is 768 g/mol. The van der Waals surface area contributed by atoms with Gasteiger partial charge in [-0.05, 0) is 94.7 Å². The first kappa shape index (κ1) is 30.0. The molecule has 4 heterocycles. The van der Waals surface area contributed by atoms with Gasteiger partial charge in [0.05, 0.1) is 0 Å². The summed E-state index contributed by atoms with van der Waals surface area (Å²) >= 11 is 0. The molecule has 1 aliphatic heterocycles. The van der Waals surface area contributed by atoms with Crippen LogP contribution in [-0.2, 0) is 30.9 Å². The van der Waals surface area contributed by atoms with Crippen molar-refractivity contribution in [3.05, 3.63) is 125 Å². The Hall–Kier alpha value is -4.09. The van der Waals surface area contributed by atoms with Gasteiger partial charge in [0, 0.05) is 65.0 Å². The van der Waals surface area contributed by atoms with Crippen LogP contribution in [0.5, 0.6) is 0 Å². The van der Waals surface area contributed by atoms with Crippen molar-refractivity contribution in [2.45, 2.75) is 44.4 Å². The molecule has 0 fully saturated rings. The van der Waals surface area contributed by atoms with E-state index in [-0.39, 0.29) is 20.1 Å². The molecule has 8 rings (SSSR count). The Bertz CT molecular complexity index is 2260. The summed E-state index contributed by atoms with van der Waals surface area (Å²) in [5, 5.41) is 6.61. The maximum absolute atomic E-state index is 13.5. The second kappa shape index (κ2) is 11.8. The van der Waals surface area contributed by atoms with Crippen LogP contribution in [-0.4, -0.2) is 19.2 Å². The molecule has 4 aromatic carbocycles. The summed E-state index contributed by atoms with van der Waals surface area (Å²) in [5.74, 6) is 0. The molecule has 219 valence electrons. The first-order valence-corrected chi connectivity index (χ1v) is 15.4. The molecule has 0 amide bonds. The van der Waals surface area contributed by atoms with Crippen molar-refractivity contribution in [2.24, 2.45) is 0 Å². The van der Waals surface area contributed by atoms with Crippen LogP contribution in [0.3, 0.4) is 0 Å². The van der Waals surface area contributed by atoms with Gasteiger partial charge in [-0.3, -0.25) is 9.19 Å². The van der Waals surface area contributed by atoms with Gasteiger partial charge in [-0.25, -0.2) is 0 Å². The maximum Gasteiger partial charge on any atom is 0.0454 e. The van der Waals surface area contributed by atoms with Gasteiger partial charge in [-0.2, -0.15) is 0 Å². The van der Waals surface area contributed by atoms with Gasteiger partial charge in [0.25, 0.3) is 0 Å². The van der Waals surface area contributed by atoms with E-state index in [1.807, 2.05) is 56.6 Å². The van der Waals surface area contributed by atoms with E-state index in [2.05, 4.69) is 90.3 Å². The average Bonchev–Trinajstić information content (AvgIpc) is 3.01. The van der Waals surface area contributed by atoms with Crippen LogP contribution in [0.15, 0.2) is 95.0 Å². The number of rotatable bonds is 1. The van der Waals surface area contributed by atoms with Crippen LogP contribution in [0.1, 0.15) is 28.1 Å². The van der Waals surface area contributed by atoms with Crippen LogP contribution in [0.25, 0.3) is 54.8 Å². The number of nitrogens with zero attached hydrogens (tertiary/aromatic N) is 3. The van der Waals surface area contributed by atoms with Gasteiger partial charge in [-0.15, -0.1) is 65.2 Å². The molecule has 7 aromatic rings. The van der Waals surface area contributed by atoms with Crippen LogP contribution in [0.4, 0.5) is 0 Å². The zero-order valence-corrected chi connectivity index (χ0v) is 28.3. The molecule has 1 radical (unpaired) electrons. The summed E-state index contributed by atoms with van der Waals surface area (Å²) < 4.78 is 13.5. The van der Waals surface area contributed by atoms with E-state index in [1.54, 1.807) is 0 Å². The Kier molecular flexibility index (Phi) is 8.02. The Morgan fingerprint density at radius 2 is 1.52 bits per heavy atom. The number of pyridine rings is 3. The van der Waals surface area contributed by atoms with E-state index >= 15 is 0 Å². The third-order valence-electron chi connectivity index (χ3n) is 8.21. The van der Waals surface area contributed by atoms with Crippen molar-refractivity contribution in [1.82, 2.24) is 15.0 Å². The minimum Gasteiger partial charge on any atom is -0.304 e. The maximum atomic E-state index is 13.5. The third kappa shape index (κ3) is 5.07. The molecular weight excluding hydrogens is 739 g/mol. The van der Waals surface area contributed by atoms with Crippen molar-refractivity contribution >= 4 is 43.1 Å². The molecule has 3 aromatic heterocycles. The molecule has 0 saturated heterocycles. The quantitative estimate of drug-likeness (QED) is 0.124. The summed E-state index contributed by atoms with van der Waals surface area (Å²) in [5.41, 5.74) is 9.50. The number of benzene rings is 4. The molecule has 6 heteroatoms. The summed E-state index contributed by atoms with van der Waals surface area (Å²) in [7, 11) is -1.26. The SMILES string of the molecule is Cc1c[c-]c(-c2cc(C)c(C)cn2)cc1.Cc1cc2c(ccc3c4ccnc5c4c(cc23)S(=O)c2ccc[c-]c2-5)c(C)n1.[Ir]. The molecule has 0 bridgehead atoms.